The van der Waals surface area contributed by atoms with Crippen molar-refractivity contribution in [1.29, 1.82) is 0 Å². The molecule has 1 N–H and O–H groups in total. The van der Waals surface area contributed by atoms with Gasteiger partial charge in [-0.1, -0.05) is 34.8 Å². The number of amides is 1. The smallest absolute Gasteiger partial charge is 0.271 e. The molecule has 0 radical (unpaired) electrons. The second kappa shape index (κ2) is 6.30. The van der Waals surface area contributed by atoms with Crippen LogP contribution in [0.1, 0.15) is 10.4 Å². The van der Waals surface area contributed by atoms with Gasteiger partial charge < -0.3 is 5.32 Å². The number of halogens is 3. The zero-order valence-electron chi connectivity index (χ0n) is 10.3. The van der Waals surface area contributed by atoms with Gasteiger partial charge >= 0.3 is 0 Å². The standard InChI is InChI=1S/C13H7Cl3N2O3/c14-9-3-1-7(5-11(9)16)13(19)17-12-6-8(18(20)21)2-4-10(12)15/h1-6H,(H,17,19). The average molecular weight is 346 g/mol. The Labute approximate surface area is 134 Å². The minimum atomic E-state index is -0.578. The monoisotopic (exact) mass is 344 g/mol. The molecule has 0 aliphatic rings. The third-order valence-electron chi connectivity index (χ3n) is 2.59. The van der Waals surface area contributed by atoms with E-state index in [1.165, 1.54) is 36.4 Å². The summed E-state index contributed by atoms with van der Waals surface area (Å²) in [6.45, 7) is 0. The lowest BCUT2D eigenvalue weighted by Crippen LogP contribution is -2.12. The summed E-state index contributed by atoms with van der Waals surface area (Å²) >= 11 is 17.5. The Balaban J connectivity index is 2.28. The first-order valence-electron chi connectivity index (χ1n) is 5.59. The summed E-state index contributed by atoms with van der Waals surface area (Å²) in [6, 6.07) is 8.12. The van der Waals surface area contributed by atoms with Gasteiger partial charge in [-0.05, 0) is 24.3 Å². The number of carbonyl (C=O) groups is 1. The highest BCUT2D eigenvalue weighted by Crippen LogP contribution is 2.28. The average Bonchev–Trinajstić information content (AvgIpc) is 2.43. The minimum absolute atomic E-state index is 0.141. The van der Waals surface area contributed by atoms with Gasteiger partial charge in [-0.3, -0.25) is 14.9 Å². The minimum Gasteiger partial charge on any atom is -0.320 e. The lowest BCUT2D eigenvalue weighted by molar-refractivity contribution is -0.384. The van der Waals surface area contributed by atoms with Crippen LogP contribution in [0.5, 0.6) is 0 Å². The normalized spacial score (nSPS) is 10.2. The molecule has 0 saturated carbocycles. The first kappa shape index (κ1) is 15.6. The van der Waals surface area contributed by atoms with E-state index in [1.54, 1.807) is 0 Å². The van der Waals surface area contributed by atoms with Gasteiger partial charge in [-0.2, -0.15) is 0 Å². The molecule has 0 aliphatic carbocycles. The van der Waals surface area contributed by atoms with Gasteiger partial charge in [0.15, 0.2) is 0 Å². The van der Waals surface area contributed by atoms with Crippen molar-refractivity contribution in [3.8, 4) is 0 Å². The van der Waals surface area contributed by atoms with Crippen molar-refractivity contribution >= 4 is 52.1 Å². The van der Waals surface area contributed by atoms with Crippen LogP contribution >= 0.6 is 34.8 Å². The van der Waals surface area contributed by atoms with E-state index in [9.17, 15) is 14.9 Å². The number of non-ortho nitro benzene ring substituents is 1. The summed E-state index contributed by atoms with van der Waals surface area (Å²) in [5.74, 6) is -0.504. The van der Waals surface area contributed by atoms with Crippen LogP contribution in [0.2, 0.25) is 15.1 Å². The number of nitro benzene ring substituents is 1. The molecule has 2 aromatic rings. The highest BCUT2D eigenvalue weighted by molar-refractivity contribution is 6.42. The Morgan fingerprint density at radius 3 is 2.29 bits per heavy atom. The Hall–Kier alpha value is -1.82. The summed E-state index contributed by atoms with van der Waals surface area (Å²) in [5.41, 5.74) is 0.220. The molecule has 0 atom stereocenters. The van der Waals surface area contributed by atoms with Crippen LogP contribution in [0, 0.1) is 10.1 Å². The van der Waals surface area contributed by atoms with E-state index in [4.69, 9.17) is 34.8 Å². The number of rotatable bonds is 3. The van der Waals surface area contributed by atoms with Crippen molar-refractivity contribution in [2.75, 3.05) is 5.32 Å². The summed E-state index contributed by atoms with van der Waals surface area (Å²) in [5, 5.41) is 14.0. The third-order valence-corrected chi connectivity index (χ3v) is 3.66. The molecule has 2 rings (SSSR count). The number of nitrogens with one attached hydrogen (secondary N) is 1. The van der Waals surface area contributed by atoms with E-state index in [-0.39, 0.29) is 27.0 Å². The summed E-state index contributed by atoms with van der Waals surface area (Å²) in [7, 11) is 0. The van der Waals surface area contributed by atoms with Crippen molar-refractivity contribution in [1.82, 2.24) is 0 Å². The molecule has 0 heterocycles. The fourth-order valence-electron chi connectivity index (χ4n) is 1.55. The molecular formula is C13H7Cl3N2O3. The molecule has 0 unspecified atom stereocenters. The number of carbonyl (C=O) groups excluding carboxylic acids is 1. The predicted molar refractivity (Wildman–Crippen MR) is 82.5 cm³/mol. The van der Waals surface area contributed by atoms with Crippen molar-refractivity contribution < 1.29 is 9.72 Å². The molecule has 108 valence electrons. The Morgan fingerprint density at radius 2 is 1.67 bits per heavy atom. The second-order valence-electron chi connectivity index (χ2n) is 4.00. The van der Waals surface area contributed by atoms with Crippen LogP contribution < -0.4 is 5.32 Å². The maximum Gasteiger partial charge on any atom is 0.271 e. The molecule has 0 saturated heterocycles. The quantitative estimate of drug-likeness (QED) is 0.641. The van der Waals surface area contributed by atoms with Crippen LogP contribution in [-0.2, 0) is 0 Å². The predicted octanol–water partition coefficient (Wildman–Crippen LogP) is 4.81. The molecule has 0 aromatic heterocycles. The van der Waals surface area contributed by atoms with E-state index in [0.29, 0.717) is 5.02 Å². The van der Waals surface area contributed by atoms with E-state index < -0.39 is 10.8 Å². The third kappa shape index (κ3) is 3.64. The fourth-order valence-corrected chi connectivity index (χ4v) is 2.02. The van der Waals surface area contributed by atoms with Gasteiger partial charge in [-0.15, -0.1) is 0 Å². The van der Waals surface area contributed by atoms with Gasteiger partial charge in [0.25, 0.3) is 11.6 Å². The van der Waals surface area contributed by atoms with Crippen LogP contribution in [0.25, 0.3) is 0 Å². The zero-order valence-corrected chi connectivity index (χ0v) is 12.5. The van der Waals surface area contributed by atoms with Crippen LogP contribution in [0.3, 0.4) is 0 Å². The first-order chi connectivity index (χ1) is 9.88. The van der Waals surface area contributed by atoms with Gasteiger partial charge in [0, 0.05) is 17.7 Å². The van der Waals surface area contributed by atoms with Gasteiger partial charge in [0.05, 0.1) is 25.7 Å². The topological polar surface area (TPSA) is 72.2 Å². The zero-order chi connectivity index (χ0) is 15.6. The lowest BCUT2D eigenvalue weighted by Gasteiger charge is -2.08. The SMILES string of the molecule is O=C(Nc1cc([N+](=O)[O-])ccc1Cl)c1ccc(Cl)c(Cl)c1. The number of benzene rings is 2. The first-order valence-corrected chi connectivity index (χ1v) is 6.72. The molecule has 0 bridgehead atoms. The highest BCUT2D eigenvalue weighted by Gasteiger charge is 2.14. The van der Waals surface area contributed by atoms with E-state index >= 15 is 0 Å². The van der Waals surface area contributed by atoms with E-state index in [2.05, 4.69) is 5.32 Å². The van der Waals surface area contributed by atoms with Crippen molar-refractivity contribution in [2.24, 2.45) is 0 Å². The molecule has 0 aliphatic heterocycles. The van der Waals surface area contributed by atoms with E-state index in [0.717, 1.165) is 0 Å². The summed E-state index contributed by atoms with van der Waals surface area (Å²) in [4.78, 5) is 22.2. The molecular weight excluding hydrogens is 339 g/mol. The van der Waals surface area contributed by atoms with E-state index in [1.807, 2.05) is 0 Å². The van der Waals surface area contributed by atoms with Crippen molar-refractivity contribution in [3.63, 3.8) is 0 Å². The van der Waals surface area contributed by atoms with Gasteiger partial charge in [0.1, 0.15) is 0 Å². The Bertz CT molecular complexity index is 735. The molecule has 2 aromatic carbocycles. The van der Waals surface area contributed by atoms with Gasteiger partial charge in [-0.25, -0.2) is 0 Å². The number of hydrogen-bond acceptors (Lipinski definition) is 3. The summed E-state index contributed by atoms with van der Waals surface area (Å²) in [6.07, 6.45) is 0. The molecule has 0 fully saturated rings. The van der Waals surface area contributed by atoms with Crippen LogP contribution in [-0.4, -0.2) is 10.8 Å². The van der Waals surface area contributed by atoms with Crippen molar-refractivity contribution in [2.45, 2.75) is 0 Å². The molecule has 5 nitrogen and oxygen atoms in total. The van der Waals surface area contributed by atoms with Crippen LogP contribution in [0.15, 0.2) is 36.4 Å². The number of nitrogens with zero attached hydrogens (tertiary/aromatic N) is 1. The molecule has 1 amide bonds. The molecule has 0 spiro atoms. The second-order valence-corrected chi connectivity index (χ2v) is 5.23. The fraction of sp³-hybridized carbons (Fsp3) is 0. The summed E-state index contributed by atoms with van der Waals surface area (Å²) < 4.78 is 0. The van der Waals surface area contributed by atoms with Crippen molar-refractivity contribution in [3.05, 3.63) is 67.1 Å². The Kier molecular flexibility index (Phi) is 4.67. The lowest BCUT2D eigenvalue weighted by atomic mass is 10.2. The van der Waals surface area contributed by atoms with Crippen LogP contribution in [0.4, 0.5) is 11.4 Å². The van der Waals surface area contributed by atoms with Gasteiger partial charge in [0.2, 0.25) is 0 Å². The maximum atomic E-state index is 12.1. The Morgan fingerprint density at radius 1 is 1.00 bits per heavy atom. The molecule has 21 heavy (non-hydrogen) atoms. The highest BCUT2D eigenvalue weighted by atomic mass is 35.5. The number of nitro groups is 1. The molecule has 8 heteroatoms. The maximum absolute atomic E-state index is 12.1. The number of anilines is 1. The largest absolute Gasteiger partial charge is 0.320 e. The number of hydrogen-bond donors (Lipinski definition) is 1.